The number of carbonyl (C=O) groups excluding carboxylic acids is 1. The number of hydrogen-bond donors (Lipinski definition) is 3. The lowest BCUT2D eigenvalue weighted by Crippen LogP contribution is -2.42. The van der Waals surface area contributed by atoms with Crippen molar-refractivity contribution in [1.82, 2.24) is 15.1 Å². The summed E-state index contributed by atoms with van der Waals surface area (Å²) in [5.74, 6) is -1.94. The van der Waals surface area contributed by atoms with Gasteiger partial charge in [0.15, 0.2) is 6.04 Å². The van der Waals surface area contributed by atoms with Crippen LogP contribution in [-0.4, -0.2) is 44.5 Å². The Hall–Kier alpha value is -1.86. The van der Waals surface area contributed by atoms with Crippen LogP contribution in [0.4, 0.5) is 0 Å². The van der Waals surface area contributed by atoms with Gasteiger partial charge >= 0.3 is 5.97 Å². The van der Waals surface area contributed by atoms with E-state index in [0.717, 1.165) is 6.08 Å². The van der Waals surface area contributed by atoms with Crippen LogP contribution in [0.25, 0.3) is 6.08 Å². The minimum atomic E-state index is -1.33. The van der Waals surface area contributed by atoms with Crippen molar-refractivity contribution in [1.29, 1.82) is 0 Å². The third-order valence-corrected chi connectivity index (χ3v) is 2.84. The van der Waals surface area contributed by atoms with Gasteiger partial charge in [0, 0.05) is 18.7 Å². The van der Waals surface area contributed by atoms with E-state index in [-0.39, 0.29) is 0 Å². The Kier molecular flexibility index (Phi) is 5.08. The number of amides is 1. The number of aliphatic hydroxyl groups excluding tert-OH is 1. The van der Waals surface area contributed by atoms with Crippen LogP contribution in [0.15, 0.2) is 6.08 Å². The molecular weight excluding hydrogens is 274 g/mol. The summed E-state index contributed by atoms with van der Waals surface area (Å²) in [6.07, 6.45) is 2.58. The topological polar surface area (TPSA) is 104 Å². The van der Waals surface area contributed by atoms with Gasteiger partial charge in [-0.1, -0.05) is 11.6 Å². The molecule has 8 heteroatoms. The highest BCUT2D eigenvalue weighted by Crippen LogP contribution is 2.19. The molecule has 1 aromatic rings. The van der Waals surface area contributed by atoms with Gasteiger partial charge in [-0.25, -0.2) is 4.79 Å². The molecule has 104 valence electrons. The van der Waals surface area contributed by atoms with Crippen LogP contribution in [0.1, 0.15) is 11.3 Å². The maximum Gasteiger partial charge on any atom is 0.328 e. The molecule has 0 aliphatic rings. The largest absolute Gasteiger partial charge is 0.480 e. The van der Waals surface area contributed by atoms with Crippen molar-refractivity contribution >= 4 is 29.6 Å². The number of carboxylic acids is 1. The van der Waals surface area contributed by atoms with Crippen LogP contribution in [0.3, 0.4) is 0 Å². The molecule has 0 fully saturated rings. The van der Waals surface area contributed by atoms with Crippen LogP contribution in [-0.2, 0) is 16.6 Å². The minimum absolute atomic E-state index is 0.374. The number of aliphatic carboxylic acids is 1. The van der Waals surface area contributed by atoms with Gasteiger partial charge in [-0.15, -0.1) is 0 Å². The highest BCUT2D eigenvalue weighted by molar-refractivity contribution is 6.31. The molecule has 1 heterocycles. The predicted octanol–water partition coefficient (Wildman–Crippen LogP) is -0.0432. The summed E-state index contributed by atoms with van der Waals surface area (Å²) in [5.41, 5.74) is 1.23. The van der Waals surface area contributed by atoms with Gasteiger partial charge in [-0.05, 0) is 13.0 Å². The van der Waals surface area contributed by atoms with Gasteiger partial charge in [-0.2, -0.15) is 5.10 Å². The molecule has 0 aromatic carbocycles. The summed E-state index contributed by atoms with van der Waals surface area (Å²) in [6, 6.07) is -1.33. The zero-order chi connectivity index (χ0) is 14.6. The summed E-state index contributed by atoms with van der Waals surface area (Å²) in [5, 5.41) is 24.0. The Bertz CT molecular complexity index is 524. The molecule has 0 aliphatic carbocycles. The fraction of sp³-hybridized carbons (Fsp3) is 0.364. The maximum atomic E-state index is 11.5. The molecule has 7 nitrogen and oxygen atoms in total. The van der Waals surface area contributed by atoms with Crippen LogP contribution >= 0.6 is 11.6 Å². The van der Waals surface area contributed by atoms with Crippen LogP contribution in [0.5, 0.6) is 0 Å². The Balaban J connectivity index is 2.76. The number of nitrogens with zero attached hydrogens (tertiary/aromatic N) is 2. The van der Waals surface area contributed by atoms with Crippen LogP contribution in [0.2, 0.25) is 5.15 Å². The summed E-state index contributed by atoms with van der Waals surface area (Å²) >= 11 is 5.96. The zero-order valence-electron chi connectivity index (χ0n) is 10.4. The van der Waals surface area contributed by atoms with Gasteiger partial charge in [0.05, 0.1) is 12.3 Å². The molecule has 1 aromatic heterocycles. The number of aromatic nitrogens is 2. The normalized spacial score (nSPS) is 12.6. The highest BCUT2D eigenvalue weighted by Gasteiger charge is 2.17. The minimum Gasteiger partial charge on any atom is -0.480 e. The molecule has 0 saturated carbocycles. The summed E-state index contributed by atoms with van der Waals surface area (Å²) in [7, 11) is 1.67. The molecular formula is C11H14ClN3O4. The fourth-order valence-electron chi connectivity index (χ4n) is 1.40. The van der Waals surface area contributed by atoms with Gasteiger partial charge in [-0.3, -0.25) is 9.48 Å². The van der Waals surface area contributed by atoms with Crippen molar-refractivity contribution in [3.8, 4) is 0 Å². The quantitative estimate of drug-likeness (QED) is 0.659. The van der Waals surface area contributed by atoms with Crippen molar-refractivity contribution in [2.24, 2.45) is 7.05 Å². The molecule has 0 unspecified atom stereocenters. The van der Waals surface area contributed by atoms with Crippen LogP contribution in [0, 0.1) is 6.92 Å². The van der Waals surface area contributed by atoms with Crippen molar-refractivity contribution in [2.75, 3.05) is 6.61 Å². The number of rotatable bonds is 5. The average Bonchev–Trinajstić information content (AvgIpc) is 2.58. The standard InChI is InChI=1S/C11H14ClN3O4/c1-6-7(10(12)15(2)14-6)3-4-9(17)13-8(5-16)11(18)19/h3-4,8,16H,5H2,1-2H3,(H,13,17)(H,18,19)/b4-3+/t8-/m0/s1. The van der Waals surface area contributed by atoms with Crippen molar-refractivity contribution in [3.05, 3.63) is 22.5 Å². The first-order valence-corrected chi connectivity index (χ1v) is 5.76. The molecule has 0 saturated heterocycles. The van der Waals surface area contributed by atoms with E-state index >= 15 is 0 Å². The first-order chi connectivity index (χ1) is 8.86. The van der Waals surface area contributed by atoms with Gasteiger partial charge in [0.2, 0.25) is 5.91 Å². The first-order valence-electron chi connectivity index (χ1n) is 5.38. The first kappa shape index (κ1) is 15.2. The predicted molar refractivity (Wildman–Crippen MR) is 68.6 cm³/mol. The van der Waals surface area contributed by atoms with Crippen molar-refractivity contribution in [2.45, 2.75) is 13.0 Å². The summed E-state index contributed by atoms with van der Waals surface area (Å²) < 4.78 is 1.46. The Labute approximate surface area is 114 Å². The van der Waals surface area contributed by atoms with E-state index in [1.807, 2.05) is 0 Å². The van der Waals surface area contributed by atoms with Gasteiger partial charge in [0.1, 0.15) is 5.15 Å². The second-order valence-electron chi connectivity index (χ2n) is 3.83. The summed E-state index contributed by atoms with van der Waals surface area (Å²) in [4.78, 5) is 22.1. The van der Waals surface area contributed by atoms with Crippen molar-refractivity contribution in [3.63, 3.8) is 0 Å². The van der Waals surface area contributed by atoms with Gasteiger partial charge < -0.3 is 15.5 Å². The monoisotopic (exact) mass is 287 g/mol. The van der Waals surface area contributed by atoms with E-state index in [1.54, 1.807) is 14.0 Å². The van der Waals surface area contributed by atoms with Gasteiger partial charge in [0.25, 0.3) is 0 Å². The highest BCUT2D eigenvalue weighted by atomic mass is 35.5. The molecule has 19 heavy (non-hydrogen) atoms. The molecule has 0 bridgehead atoms. The second kappa shape index (κ2) is 6.35. The smallest absolute Gasteiger partial charge is 0.328 e. The maximum absolute atomic E-state index is 11.5. The lowest BCUT2D eigenvalue weighted by Gasteiger charge is -2.09. The molecule has 1 amide bonds. The molecule has 1 atom stereocenters. The number of halogens is 1. The number of carbonyl (C=O) groups is 2. The zero-order valence-corrected chi connectivity index (χ0v) is 11.2. The number of carboxylic acid groups (broad SMARTS) is 1. The number of hydrogen-bond acceptors (Lipinski definition) is 4. The molecule has 0 spiro atoms. The third-order valence-electron chi connectivity index (χ3n) is 2.39. The van der Waals surface area contributed by atoms with E-state index in [9.17, 15) is 9.59 Å². The van der Waals surface area contributed by atoms with Crippen LogP contribution < -0.4 is 5.32 Å². The Morgan fingerprint density at radius 1 is 1.58 bits per heavy atom. The number of aliphatic hydroxyl groups is 1. The van der Waals surface area contributed by atoms with E-state index in [1.165, 1.54) is 10.8 Å². The lowest BCUT2D eigenvalue weighted by molar-refractivity contribution is -0.142. The molecule has 0 radical (unpaired) electrons. The number of aryl methyl sites for hydroxylation is 2. The van der Waals surface area contributed by atoms with E-state index < -0.39 is 24.5 Å². The molecule has 1 rings (SSSR count). The van der Waals surface area contributed by atoms with E-state index in [2.05, 4.69) is 10.4 Å². The van der Waals surface area contributed by atoms with Crippen molar-refractivity contribution < 1.29 is 19.8 Å². The lowest BCUT2D eigenvalue weighted by atomic mass is 10.2. The average molecular weight is 288 g/mol. The third kappa shape index (κ3) is 3.80. The Morgan fingerprint density at radius 2 is 2.21 bits per heavy atom. The number of nitrogens with one attached hydrogen (secondary N) is 1. The Morgan fingerprint density at radius 3 is 2.63 bits per heavy atom. The molecule has 0 aliphatic heterocycles. The van der Waals surface area contributed by atoms with E-state index in [4.69, 9.17) is 21.8 Å². The SMILES string of the molecule is Cc1nn(C)c(Cl)c1/C=C/C(=O)N[C@@H](CO)C(=O)O. The fourth-order valence-corrected chi connectivity index (χ4v) is 1.64. The van der Waals surface area contributed by atoms with E-state index in [0.29, 0.717) is 16.4 Å². The second-order valence-corrected chi connectivity index (χ2v) is 4.19. The molecule has 3 N–H and O–H groups in total. The summed E-state index contributed by atoms with van der Waals surface area (Å²) in [6.45, 7) is 1.05.